The molecule has 0 fully saturated rings. The van der Waals surface area contributed by atoms with Gasteiger partial charge in [-0.05, 0) is 12.1 Å². The van der Waals surface area contributed by atoms with Crippen molar-refractivity contribution in [2.75, 3.05) is 20.8 Å². The average Bonchev–Trinajstić information content (AvgIpc) is 2.45. The number of methoxy groups -OCH3 is 2. The summed E-state index contributed by atoms with van der Waals surface area (Å²) in [7, 11) is 2.85. The van der Waals surface area contributed by atoms with Crippen LogP contribution in [0.4, 0.5) is 4.79 Å². The minimum absolute atomic E-state index is 0.105. The molecule has 0 aliphatic rings. The number of ether oxygens (including phenoxy) is 2. The van der Waals surface area contributed by atoms with E-state index in [2.05, 4.69) is 10.6 Å². The Hall–Kier alpha value is -1.99. The molecule has 1 atom stereocenters. The van der Waals surface area contributed by atoms with Crippen LogP contribution in [0, 0.1) is 0 Å². The van der Waals surface area contributed by atoms with Gasteiger partial charge in [0.05, 0.1) is 13.7 Å². The van der Waals surface area contributed by atoms with Crippen LogP contribution in [0.1, 0.15) is 5.56 Å². The maximum absolute atomic E-state index is 11.7. The molecule has 3 N–H and O–H groups in total. The second-order valence-corrected chi connectivity index (χ2v) is 4.50. The lowest BCUT2D eigenvalue weighted by atomic mass is 10.2. The Balaban J connectivity index is 2.63. The van der Waals surface area contributed by atoms with E-state index in [4.69, 9.17) is 26.2 Å². The summed E-state index contributed by atoms with van der Waals surface area (Å²) in [6, 6.07) is 3.35. The summed E-state index contributed by atoms with van der Waals surface area (Å²) < 4.78 is 9.87. The number of aliphatic carboxylic acids is 1. The monoisotopic (exact) mass is 316 g/mol. The highest BCUT2D eigenvalue weighted by Crippen LogP contribution is 2.25. The van der Waals surface area contributed by atoms with Crippen molar-refractivity contribution in [2.24, 2.45) is 0 Å². The van der Waals surface area contributed by atoms with Crippen LogP contribution in [-0.4, -0.2) is 44.0 Å². The quantitative estimate of drug-likeness (QED) is 0.703. The SMILES string of the molecule is COCC(NC(=O)NCc1c(Cl)cccc1OC)C(=O)O. The van der Waals surface area contributed by atoms with Gasteiger partial charge in [-0.1, -0.05) is 17.7 Å². The molecule has 21 heavy (non-hydrogen) atoms. The second-order valence-electron chi connectivity index (χ2n) is 4.09. The number of carboxylic acids is 1. The van der Waals surface area contributed by atoms with E-state index in [9.17, 15) is 9.59 Å². The first-order valence-corrected chi connectivity index (χ1v) is 6.44. The van der Waals surface area contributed by atoms with E-state index in [-0.39, 0.29) is 13.2 Å². The van der Waals surface area contributed by atoms with Gasteiger partial charge in [-0.15, -0.1) is 0 Å². The summed E-state index contributed by atoms with van der Waals surface area (Å²) >= 11 is 6.03. The van der Waals surface area contributed by atoms with Gasteiger partial charge in [0.25, 0.3) is 0 Å². The molecule has 0 aromatic heterocycles. The van der Waals surface area contributed by atoms with Crippen molar-refractivity contribution in [3.8, 4) is 5.75 Å². The molecule has 0 saturated carbocycles. The van der Waals surface area contributed by atoms with Gasteiger partial charge < -0.3 is 25.2 Å². The summed E-state index contributed by atoms with van der Waals surface area (Å²) in [4.78, 5) is 22.6. The minimum Gasteiger partial charge on any atom is -0.496 e. The van der Waals surface area contributed by atoms with Crippen molar-refractivity contribution in [3.05, 3.63) is 28.8 Å². The fraction of sp³-hybridized carbons (Fsp3) is 0.385. The van der Waals surface area contributed by atoms with Gasteiger partial charge in [-0.3, -0.25) is 0 Å². The standard InChI is InChI=1S/C13H17ClN2O5/c1-20-7-10(12(17)18)16-13(19)15-6-8-9(14)4-3-5-11(8)21-2/h3-5,10H,6-7H2,1-2H3,(H,17,18)(H2,15,16,19). The van der Waals surface area contributed by atoms with Crippen molar-refractivity contribution in [1.29, 1.82) is 0 Å². The van der Waals surface area contributed by atoms with Gasteiger partial charge in [0.2, 0.25) is 0 Å². The molecule has 1 rings (SSSR count). The number of amides is 2. The molecule has 7 nitrogen and oxygen atoms in total. The molecule has 0 saturated heterocycles. The number of carboxylic acid groups (broad SMARTS) is 1. The third-order valence-electron chi connectivity index (χ3n) is 2.66. The van der Waals surface area contributed by atoms with Crippen LogP contribution in [0.5, 0.6) is 5.75 Å². The van der Waals surface area contributed by atoms with Crippen LogP contribution in [0.15, 0.2) is 18.2 Å². The van der Waals surface area contributed by atoms with E-state index >= 15 is 0 Å². The van der Waals surface area contributed by atoms with Gasteiger partial charge >= 0.3 is 12.0 Å². The highest BCUT2D eigenvalue weighted by molar-refractivity contribution is 6.31. The molecule has 2 amide bonds. The van der Waals surface area contributed by atoms with E-state index in [1.54, 1.807) is 18.2 Å². The summed E-state index contributed by atoms with van der Waals surface area (Å²) in [5.41, 5.74) is 0.607. The third-order valence-corrected chi connectivity index (χ3v) is 3.01. The maximum Gasteiger partial charge on any atom is 0.328 e. The number of halogens is 1. The van der Waals surface area contributed by atoms with Crippen molar-refractivity contribution in [1.82, 2.24) is 10.6 Å². The van der Waals surface area contributed by atoms with E-state index in [1.165, 1.54) is 14.2 Å². The number of hydrogen-bond donors (Lipinski definition) is 3. The Morgan fingerprint density at radius 1 is 1.38 bits per heavy atom. The van der Waals surface area contributed by atoms with Gasteiger partial charge in [-0.25, -0.2) is 9.59 Å². The fourth-order valence-electron chi connectivity index (χ4n) is 1.62. The Bertz CT molecular complexity index is 509. The molecule has 1 aromatic rings. The summed E-state index contributed by atoms with van der Waals surface area (Å²) in [5, 5.41) is 14.2. The van der Waals surface area contributed by atoms with Crippen LogP contribution < -0.4 is 15.4 Å². The number of carbonyl (C=O) groups is 2. The predicted octanol–water partition coefficient (Wildman–Crippen LogP) is 1.25. The largest absolute Gasteiger partial charge is 0.496 e. The Morgan fingerprint density at radius 2 is 2.10 bits per heavy atom. The Kier molecular flexibility index (Phi) is 6.77. The first kappa shape index (κ1) is 17.1. The third kappa shape index (κ3) is 5.13. The van der Waals surface area contributed by atoms with Crippen molar-refractivity contribution >= 4 is 23.6 Å². The number of benzene rings is 1. The topological polar surface area (TPSA) is 96.9 Å². The van der Waals surface area contributed by atoms with E-state index in [0.29, 0.717) is 16.3 Å². The first-order chi connectivity index (χ1) is 9.99. The number of nitrogens with one attached hydrogen (secondary N) is 2. The van der Waals surface area contributed by atoms with Crippen LogP contribution in [-0.2, 0) is 16.1 Å². The molecular formula is C13H17ClN2O5. The Labute approximate surface area is 127 Å². The number of rotatable bonds is 7. The van der Waals surface area contributed by atoms with Gasteiger partial charge in [-0.2, -0.15) is 0 Å². The summed E-state index contributed by atoms with van der Waals surface area (Å²) in [6.07, 6.45) is 0. The van der Waals surface area contributed by atoms with Crippen LogP contribution in [0.25, 0.3) is 0 Å². The minimum atomic E-state index is -1.18. The van der Waals surface area contributed by atoms with Crippen molar-refractivity contribution in [3.63, 3.8) is 0 Å². The molecule has 0 spiro atoms. The number of hydrogen-bond acceptors (Lipinski definition) is 4. The predicted molar refractivity (Wildman–Crippen MR) is 76.7 cm³/mol. The lowest BCUT2D eigenvalue weighted by molar-refractivity contribution is -0.140. The fourth-order valence-corrected chi connectivity index (χ4v) is 1.85. The molecule has 116 valence electrons. The highest BCUT2D eigenvalue weighted by atomic mass is 35.5. The normalized spacial score (nSPS) is 11.6. The van der Waals surface area contributed by atoms with Crippen molar-refractivity contribution in [2.45, 2.75) is 12.6 Å². The zero-order chi connectivity index (χ0) is 15.8. The maximum atomic E-state index is 11.7. The molecule has 0 radical (unpaired) electrons. The summed E-state index contributed by atoms with van der Waals surface area (Å²) in [6.45, 7) is -0.0217. The zero-order valence-corrected chi connectivity index (χ0v) is 12.4. The van der Waals surface area contributed by atoms with Crippen LogP contribution >= 0.6 is 11.6 Å². The van der Waals surface area contributed by atoms with Gasteiger partial charge in [0.1, 0.15) is 5.75 Å². The second kappa shape index (κ2) is 8.33. The lowest BCUT2D eigenvalue weighted by Gasteiger charge is -2.15. The molecule has 1 aromatic carbocycles. The smallest absolute Gasteiger partial charge is 0.328 e. The molecule has 0 heterocycles. The zero-order valence-electron chi connectivity index (χ0n) is 11.7. The van der Waals surface area contributed by atoms with E-state index in [1.807, 2.05) is 0 Å². The van der Waals surface area contributed by atoms with Crippen LogP contribution in [0.2, 0.25) is 5.02 Å². The molecular weight excluding hydrogens is 300 g/mol. The molecule has 0 aliphatic carbocycles. The van der Waals surface area contributed by atoms with E-state index in [0.717, 1.165) is 0 Å². The highest BCUT2D eigenvalue weighted by Gasteiger charge is 2.19. The number of carbonyl (C=O) groups excluding carboxylic acids is 1. The van der Waals surface area contributed by atoms with Crippen molar-refractivity contribution < 1.29 is 24.2 Å². The lowest BCUT2D eigenvalue weighted by Crippen LogP contribution is -2.48. The Morgan fingerprint density at radius 3 is 2.67 bits per heavy atom. The van der Waals surface area contributed by atoms with Gasteiger partial charge in [0.15, 0.2) is 6.04 Å². The average molecular weight is 317 g/mol. The first-order valence-electron chi connectivity index (χ1n) is 6.07. The van der Waals surface area contributed by atoms with E-state index < -0.39 is 18.0 Å². The molecule has 8 heteroatoms. The number of urea groups is 1. The van der Waals surface area contributed by atoms with Crippen LogP contribution in [0.3, 0.4) is 0 Å². The molecule has 0 aliphatic heterocycles. The molecule has 1 unspecified atom stereocenters. The molecule has 0 bridgehead atoms. The summed E-state index contributed by atoms with van der Waals surface area (Å²) in [5.74, 6) is -0.642. The van der Waals surface area contributed by atoms with Gasteiger partial charge in [0, 0.05) is 24.2 Å².